The fourth-order valence-electron chi connectivity index (χ4n) is 8.15. The Morgan fingerprint density at radius 3 is 0.973 bits per heavy atom. The van der Waals surface area contributed by atoms with Crippen molar-refractivity contribution < 1.29 is 23.8 Å². The van der Waals surface area contributed by atoms with Crippen LogP contribution in [0.1, 0.15) is 265 Å². The van der Waals surface area contributed by atoms with Crippen molar-refractivity contribution in [1.82, 2.24) is 0 Å². The fraction of sp³-hybridized carbons (Fsp3) is 0.652. The summed E-state index contributed by atoms with van der Waals surface area (Å²) in [5, 5.41) is 0. The second-order valence-corrected chi connectivity index (χ2v) is 19.8. The van der Waals surface area contributed by atoms with Crippen molar-refractivity contribution in [2.24, 2.45) is 0 Å². The van der Waals surface area contributed by atoms with Crippen molar-refractivity contribution in [3.63, 3.8) is 0 Å². The lowest BCUT2D eigenvalue weighted by molar-refractivity contribution is -0.163. The van der Waals surface area contributed by atoms with Crippen LogP contribution in [0.25, 0.3) is 0 Å². The molecule has 0 aliphatic heterocycles. The van der Waals surface area contributed by atoms with Crippen LogP contribution in [0.15, 0.2) is 134 Å². The van der Waals surface area contributed by atoms with Crippen molar-refractivity contribution in [1.29, 1.82) is 0 Å². The van der Waals surface area contributed by atoms with E-state index in [0.717, 1.165) is 135 Å². The number of esters is 2. The molecule has 1 atom stereocenters. The minimum Gasteiger partial charge on any atom is -0.462 e. The molecule has 0 heterocycles. The maximum atomic E-state index is 12.9. The Hall–Kier alpha value is -3.96. The Kier molecular flexibility index (Phi) is 59.9. The number of carbonyl (C=O) groups is 2. The number of hydrogen-bond acceptors (Lipinski definition) is 5. The fourth-order valence-corrected chi connectivity index (χ4v) is 8.15. The normalized spacial score (nSPS) is 13.2. The van der Waals surface area contributed by atoms with E-state index in [1.165, 1.54) is 96.3 Å². The molecule has 5 heteroatoms. The van der Waals surface area contributed by atoms with Crippen LogP contribution in [0.5, 0.6) is 0 Å². The topological polar surface area (TPSA) is 61.8 Å². The molecule has 0 saturated heterocycles. The SMILES string of the molecule is CC/C=C\C/C=C\C/C=C\C/C=C\C/C=C\CCCCCCOCC(COC(=O)CCCCCCCC/C=C\C/C=C\C/C=C\C/C=C\CC)OC(=O)CCCCCCCCCCC/C=C\C/C=C\CCCCC. The summed E-state index contributed by atoms with van der Waals surface area (Å²) >= 11 is 0. The Labute approximate surface area is 458 Å². The van der Waals surface area contributed by atoms with E-state index < -0.39 is 6.10 Å². The molecule has 0 rings (SSSR count). The second-order valence-electron chi connectivity index (χ2n) is 19.8. The summed E-state index contributed by atoms with van der Waals surface area (Å²) in [7, 11) is 0. The highest BCUT2D eigenvalue weighted by Gasteiger charge is 2.17. The molecule has 1 unspecified atom stereocenters. The number of ether oxygens (including phenoxy) is 3. The van der Waals surface area contributed by atoms with Crippen molar-refractivity contribution in [3.05, 3.63) is 134 Å². The van der Waals surface area contributed by atoms with E-state index in [0.29, 0.717) is 19.4 Å². The first-order chi connectivity index (χ1) is 36.6. The van der Waals surface area contributed by atoms with Crippen molar-refractivity contribution in [2.75, 3.05) is 19.8 Å². The first-order valence-corrected chi connectivity index (χ1v) is 30.7. The Morgan fingerprint density at radius 2 is 0.608 bits per heavy atom. The van der Waals surface area contributed by atoms with Gasteiger partial charge in [-0.15, -0.1) is 0 Å². The molecule has 0 bridgehead atoms. The molecular weight excluding hydrogens is 909 g/mol. The molecule has 0 amide bonds. The van der Waals surface area contributed by atoms with Gasteiger partial charge in [-0.3, -0.25) is 9.59 Å². The molecule has 0 aliphatic rings. The molecule has 0 aliphatic carbocycles. The largest absolute Gasteiger partial charge is 0.462 e. The Balaban J connectivity index is 4.40. The summed E-state index contributed by atoms with van der Waals surface area (Å²) in [5.74, 6) is -0.435. The monoisotopic (exact) mass is 1020 g/mol. The summed E-state index contributed by atoms with van der Waals surface area (Å²) in [6.45, 7) is 7.51. The minimum absolute atomic E-state index is 0.0575. The summed E-state index contributed by atoms with van der Waals surface area (Å²) in [6.07, 6.45) is 90.5. The predicted molar refractivity (Wildman–Crippen MR) is 325 cm³/mol. The lowest BCUT2D eigenvalue weighted by Crippen LogP contribution is -2.30. The van der Waals surface area contributed by atoms with Crippen molar-refractivity contribution >= 4 is 11.9 Å². The maximum absolute atomic E-state index is 12.9. The highest BCUT2D eigenvalue weighted by molar-refractivity contribution is 5.70. The zero-order valence-electron chi connectivity index (χ0n) is 48.3. The Morgan fingerprint density at radius 1 is 0.311 bits per heavy atom. The van der Waals surface area contributed by atoms with E-state index in [1.54, 1.807) is 0 Å². The third-order valence-corrected chi connectivity index (χ3v) is 12.7. The third kappa shape index (κ3) is 60.6. The molecule has 0 aromatic heterocycles. The number of unbranched alkanes of at least 4 members (excludes halogenated alkanes) is 22. The van der Waals surface area contributed by atoms with Gasteiger partial charge in [-0.25, -0.2) is 0 Å². The van der Waals surface area contributed by atoms with E-state index in [1.807, 2.05) is 0 Å². The highest BCUT2D eigenvalue weighted by atomic mass is 16.6. The summed E-state index contributed by atoms with van der Waals surface area (Å²) < 4.78 is 17.5. The summed E-state index contributed by atoms with van der Waals surface area (Å²) in [5.41, 5.74) is 0. The van der Waals surface area contributed by atoms with Gasteiger partial charge in [0.1, 0.15) is 6.61 Å². The molecule has 0 aromatic rings. The molecule has 0 saturated carbocycles. The molecule has 0 fully saturated rings. The van der Waals surface area contributed by atoms with Crippen molar-refractivity contribution in [2.45, 2.75) is 271 Å². The van der Waals surface area contributed by atoms with Crippen LogP contribution in [0.3, 0.4) is 0 Å². The van der Waals surface area contributed by atoms with Crippen LogP contribution in [-0.2, 0) is 23.8 Å². The molecule has 74 heavy (non-hydrogen) atoms. The average molecular weight is 1020 g/mol. The van der Waals surface area contributed by atoms with Gasteiger partial charge >= 0.3 is 11.9 Å². The van der Waals surface area contributed by atoms with Crippen LogP contribution < -0.4 is 0 Å². The van der Waals surface area contributed by atoms with Gasteiger partial charge in [0.05, 0.1) is 6.61 Å². The van der Waals surface area contributed by atoms with E-state index in [2.05, 4.69) is 154 Å². The maximum Gasteiger partial charge on any atom is 0.306 e. The van der Waals surface area contributed by atoms with E-state index >= 15 is 0 Å². The predicted octanol–water partition coefficient (Wildman–Crippen LogP) is 21.5. The van der Waals surface area contributed by atoms with Gasteiger partial charge in [-0.1, -0.05) is 251 Å². The van der Waals surface area contributed by atoms with Gasteiger partial charge in [0, 0.05) is 19.4 Å². The van der Waals surface area contributed by atoms with Crippen molar-refractivity contribution in [3.8, 4) is 0 Å². The molecule has 0 aromatic carbocycles. The zero-order valence-corrected chi connectivity index (χ0v) is 48.3. The van der Waals surface area contributed by atoms with Crippen LogP contribution in [0.2, 0.25) is 0 Å². The van der Waals surface area contributed by atoms with E-state index in [9.17, 15) is 9.59 Å². The van der Waals surface area contributed by atoms with Crippen LogP contribution in [0, 0.1) is 0 Å². The first-order valence-electron chi connectivity index (χ1n) is 30.7. The second kappa shape index (κ2) is 63.3. The Bertz CT molecular complexity index is 1530. The average Bonchev–Trinajstić information content (AvgIpc) is 3.40. The molecule has 0 spiro atoms. The van der Waals surface area contributed by atoms with Gasteiger partial charge in [-0.2, -0.15) is 0 Å². The quantitative estimate of drug-likeness (QED) is 0.0345. The van der Waals surface area contributed by atoms with Gasteiger partial charge in [0.2, 0.25) is 0 Å². The molecule has 5 nitrogen and oxygen atoms in total. The highest BCUT2D eigenvalue weighted by Crippen LogP contribution is 2.14. The zero-order chi connectivity index (χ0) is 53.4. The molecule has 420 valence electrons. The lowest BCUT2D eigenvalue weighted by Gasteiger charge is -2.18. The minimum atomic E-state index is -0.570. The van der Waals surface area contributed by atoms with Crippen LogP contribution in [-0.4, -0.2) is 37.9 Å². The van der Waals surface area contributed by atoms with Crippen LogP contribution in [0.4, 0.5) is 0 Å². The number of hydrogen-bond donors (Lipinski definition) is 0. The standard InChI is InChI=1S/C69H114O5/c1-4-7-10-13-16-19-22-25-28-31-34-37-40-43-46-49-52-55-58-61-64-72-65-67(74-69(71)63-60-57-54-51-48-45-42-39-36-33-30-27-24-21-18-15-12-9-6-3)66-73-68(70)62-59-56-53-50-47-44-41-38-35-32-29-26-23-20-17-14-11-8-5-2/h7-8,10-11,16-21,25-30,34-35,37-38,43,46,67H,4-6,9,12-15,22-24,31-33,36,39-42,44-45,47-66H2,1-3H3/b10-7-,11-8-,19-16-,20-17-,21-18-,28-25-,29-26-,30-27-,37-34-,38-35-,46-43-. The summed E-state index contributed by atoms with van der Waals surface area (Å²) in [6, 6.07) is 0. The number of rotatable bonds is 55. The van der Waals surface area contributed by atoms with Gasteiger partial charge < -0.3 is 14.2 Å². The van der Waals surface area contributed by atoms with Gasteiger partial charge in [-0.05, 0) is 135 Å². The third-order valence-electron chi connectivity index (χ3n) is 12.7. The van der Waals surface area contributed by atoms with E-state index in [-0.39, 0.29) is 25.2 Å². The van der Waals surface area contributed by atoms with Gasteiger partial charge in [0.15, 0.2) is 6.10 Å². The number of allylic oxidation sites excluding steroid dienone is 22. The number of carbonyl (C=O) groups excluding carboxylic acids is 2. The molecule has 0 N–H and O–H groups in total. The smallest absolute Gasteiger partial charge is 0.306 e. The van der Waals surface area contributed by atoms with E-state index in [4.69, 9.17) is 14.2 Å². The first kappa shape index (κ1) is 70.0. The summed E-state index contributed by atoms with van der Waals surface area (Å²) in [4.78, 5) is 25.6. The lowest BCUT2D eigenvalue weighted by atomic mass is 10.1. The van der Waals surface area contributed by atoms with Crippen LogP contribution >= 0.6 is 0 Å². The molecule has 0 radical (unpaired) electrons. The van der Waals surface area contributed by atoms with Gasteiger partial charge in [0.25, 0.3) is 0 Å². The molecular formula is C69H114O5.